The van der Waals surface area contributed by atoms with Crippen LogP contribution in [0.5, 0.6) is 0 Å². The molecule has 0 saturated carbocycles. The molecule has 70 valence electrons. The summed E-state index contributed by atoms with van der Waals surface area (Å²) in [4.78, 5) is 10.6. The molecule has 0 unspecified atom stereocenters. The number of rotatable bonds is 2. The van der Waals surface area contributed by atoms with Crippen LogP contribution in [0.1, 0.15) is 15.9 Å². The zero-order chi connectivity index (χ0) is 9.14. The SMILES string of the molecule is Cl.N=C(N)c1ccc(C(N)=O)cc1. The minimum atomic E-state index is -0.481. The van der Waals surface area contributed by atoms with Crippen LogP contribution < -0.4 is 11.5 Å². The number of nitrogen functional groups attached to an aromatic ring is 1. The van der Waals surface area contributed by atoms with Crippen molar-refractivity contribution in [1.82, 2.24) is 0 Å². The monoisotopic (exact) mass is 199 g/mol. The van der Waals surface area contributed by atoms with E-state index in [1.807, 2.05) is 0 Å². The van der Waals surface area contributed by atoms with E-state index in [0.29, 0.717) is 11.1 Å². The van der Waals surface area contributed by atoms with Crippen molar-refractivity contribution in [3.05, 3.63) is 35.4 Å². The van der Waals surface area contributed by atoms with Crippen LogP contribution in [0.15, 0.2) is 24.3 Å². The first-order chi connectivity index (χ1) is 5.61. The van der Waals surface area contributed by atoms with E-state index >= 15 is 0 Å². The van der Waals surface area contributed by atoms with Gasteiger partial charge in [0.05, 0.1) is 0 Å². The average molecular weight is 200 g/mol. The lowest BCUT2D eigenvalue weighted by molar-refractivity contribution is 0.100. The topological polar surface area (TPSA) is 93.0 Å². The summed E-state index contributed by atoms with van der Waals surface area (Å²) in [7, 11) is 0. The molecular formula is C8H10ClN3O. The van der Waals surface area contributed by atoms with Gasteiger partial charge in [-0.1, -0.05) is 12.1 Å². The molecule has 0 aliphatic rings. The number of carbonyl (C=O) groups excluding carboxylic acids is 1. The highest BCUT2D eigenvalue weighted by Crippen LogP contribution is 2.02. The second-order valence-corrected chi connectivity index (χ2v) is 2.36. The molecule has 0 aliphatic carbocycles. The first kappa shape index (κ1) is 11.4. The molecule has 1 rings (SSSR count). The highest BCUT2D eigenvalue weighted by atomic mass is 35.5. The number of hydrogen-bond donors (Lipinski definition) is 3. The lowest BCUT2D eigenvalue weighted by atomic mass is 10.1. The molecule has 0 spiro atoms. The van der Waals surface area contributed by atoms with Crippen LogP contribution in [-0.2, 0) is 0 Å². The Balaban J connectivity index is 0.00000144. The van der Waals surface area contributed by atoms with Gasteiger partial charge in [0.15, 0.2) is 0 Å². The van der Waals surface area contributed by atoms with Gasteiger partial charge in [-0.05, 0) is 12.1 Å². The Morgan fingerprint density at radius 1 is 1.08 bits per heavy atom. The minimum absolute atomic E-state index is 0. The second kappa shape index (κ2) is 4.47. The van der Waals surface area contributed by atoms with Gasteiger partial charge in [0, 0.05) is 11.1 Å². The van der Waals surface area contributed by atoms with Gasteiger partial charge in [0.2, 0.25) is 5.91 Å². The predicted molar refractivity (Wildman–Crippen MR) is 53.2 cm³/mol. The van der Waals surface area contributed by atoms with Crippen LogP contribution in [-0.4, -0.2) is 11.7 Å². The highest BCUT2D eigenvalue weighted by molar-refractivity contribution is 5.97. The number of benzene rings is 1. The van der Waals surface area contributed by atoms with E-state index in [4.69, 9.17) is 16.9 Å². The summed E-state index contributed by atoms with van der Waals surface area (Å²) in [5.74, 6) is -0.504. The van der Waals surface area contributed by atoms with Crippen molar-refractivity contribution in [3.8, 4) is 0 Å². The largest absolute Gasteiger partial charge is 0.384 e. The Kier molecular flexibility index (Phi) is 3.94. The van der Waals surface area contributed by atoms with Gasteiger partial charge in [-0.15, -0.1) is 12.4 Å². The summed E-state index contributed by atoms with van der Waals surface area (Å²) < 4.78 is 0. The van der Waals surface area contributed by atoms with Crippen molar-refractivity contribution in [2.45, 2.75) is 0 Å². The van der Waals surface area contributed by atoms with E-state index in [1.165, 1.54) is 0 Å². The van der Waals surface area contributed by atoms with Crippen molar-refractivity contribution >= 4 is 24.1 Å². The van der Waals surface area contributed by atoms with Gasteiger partial charge in [-0.25, -0.2) is 0 Å². The van der Waals surface area contributed by atoms with E-state index < -0.39 is 5.91 Å². The molecule has 0 fully saturated rings. The molecule has 0 aromatic heterocycles. The molecule has 0 bridgehead atoms. The number of hydrogen-bond acceptors (Lipinski definition) is 2. The van der Waals surface area contributed by atoms with Crippen LogP contribution in [0.25, 0.3) is 0 Å². The Morgan fingerprint density at radius 2 is 1.46 bits per heavy atom. The van der Waals surface area contributed by atoms with Crippen LogP contribution in [0.3, 0.4) is 0 Å². The Bertz CT molecular complexity index is 288. The number of amides is 1. The minimum Gasteiger partial charge on any atom is -0.384 e. The number of carbonyl (C=O) groups is 1. The van der Waals surface area contributed by atoms with E-state index in [0.717, 1.165) is 0 Å². The maximum absolute atomic E-state index is 10.6. The van der Waals surface area contributed by atoms with Crippen LogP contribution in [0.4, 0.5) is 0 Å². The fraction of sp³-hybridized carbons (Fsp3) is 0. The Hall–Kier alpha value is -1.55. The van der Waals surface area contributed by atoms with Gasteiger partial charge in [-0.2, -0.15) is 0 Å². The third kappa shape index (κ3) is 2.76. The van der Waals surface area contributed by atoms with E-state index in [9.17, 15) is 4.79 Å². The summed E-state index contributed by atoms with van der Waals surface area (Å²) in [5, 5.41) is 7.07. The molecule has 13 heavy (non-hydrogen) atoms. The fourth-order valence-corrected chi connectivity index (χ4v) is 0.814. The summed E-state index contributed by atoms with van der Waals surface area (Å²) in [5.41, 5.74) is 11.2. The molecule has 1 aromatic carbocycles. The molecule has 0 atom stereocenters. The molecule has 4 nitrogen and oxygen atoms in total. The highest BCUT2D eigenvalue weighted by Gasteiger charge is 2.00. The summed E-state index contributed by atoms with van der Waals surface area (Å²) in [6.45, 7) is 0. The Labute approximate surface area is 81.8 Å². The molecule has 0 heterocycles. The number of nitrogens with two attached hydrogens (primary N) is 2. The predicted octanol–water partition coefficient (Wildman–Crippen LogP) is 0.491. The molecule has 5 N–H and O–H groups in total. The standard InChI is InChI=1S/C8H9N3O.ClH/c9-7(10)5-1-3-6(4-2-5)8(11)12;/h1-4H,(H3,9,10)(H2,11,12);1H. The number of amidine groups is 1. The van der Waals surface area contributed by atoms with Crippen molar-refractivity contribution in [2.24, 2.45) is 11.5 Å². The van der Waals surface area contributed by atoms with E-state index in [1.54, 1.807) is 24.3 Å². The van der Waals surface area contributed by atoms with Gasteiger partial charge in [0.1, 0.15) is 5.84 Å². The van der Waals surface area contributed by atoms with Crippen molar-refractivity contribution < 1.29 is 4.79 Å². The number of nitrogens with one attached hydrogen (secondary N) is 1. The molecule has 0 saturated heterocycles. The molecular weight excluding hydrogens is 190 g/mol. The van der Waals surface area contributed by atoms with Crippen molar-refractivity contribution in [3.63, 3.8) is 0 Å². The summed E-state index contributed by atoms with van der Waals surface area (Å²) in [6.07, 6.45) is 0. The summed E-state index contributed by atoms with van der Waals surface area (Å²) in [6, 6.07) is 6.25. The van der Waals surface area contributed by atoms with Crippen molar-refractivity contribution in [1.29, 1.82) is 5.41 Å². The third-order valence-electron chi connectivity index (χ3n) is 1.48. The maximum atomic E-state index is 10.6. The molecule has 1 aromatic rings. The zero-order valence-electron chi connectivity index (χ0n) is 6.78. The van der Waals surface area contributed by atoms with Crippen LogP contribution in [0.2, 0.25) is 0 Å². The zero-order valence-corrected chi connectivity index (χ0v) is 7.60. The molecule has 1 amide bonds. The quantitative estimate of drug-likeness (QED) is 0.478. The van der Waals surface area contributed by atoms with Crippen LogP contribution in [0, 0.1) is 5.41 Å². The lowest BCUT2D eigenvalue weighted by Gasteiger charge is -1.98. The smallest absolute Gasteiger partial charge is 0.248 e. The van der Waals surface area contributed by atoms with Gasteiger partial charge in [0.25, 0.3) is 0 Å². The van der Waals surface area contributed by atoms with Crippen LogP contribution >= 0.6 is 12.4 Å². The van der Waals surface area contributed by atoms with Crippen molar-refractivity contribution in [2.75, 3.05) is 0 Å². The van der Waals surface area contributed by atoms with Gasteiger partial charge >= 0.3 is 0 Å². The first-order valence-corrected chi connectivity index (χ1v) is 3.35. The molecule has 0 aliphatic heterocycles. The third-order valence-corrected chi connectivity index (χ3v) is 1.48. The molecule has 5 heteroatoms. The summed E-state index contributed by atoms with van der Waals surface area (Å²) >= 11 is 0. The Morgan fingerprint density at radius 3 is 1.77 bits per heavy atom. The van der Waals surface area contributed by atoms with Gasteiger partial charge < -0.3 is 11.5 Å². The van der Waals surface area contributed by atoms with E-state index in [-0.39, 0.29) is 18.2 Å². The first-order valence-electron chi connectivity index (χ1n) is 3.35. The average Bonchev–Trinajstić information content (AvgIpc) is 2.04. The van der Waals surface area contributed by atoms with E-state index in [2.05, 4.69) is 0 Å². The number of halogens is 1. The maximum Gasteiger partial charge on any atom is 0.248 e. The fourth-order valence-electron chi connectivity index (χ4n) is 0.814. The van der Waals surface area contributed by atoms with Gasteiger partial charge in [-0.3, -0.25) is 10.2 Å². The number of primary amides is 1. The molecule has 0 radical (unpaired) electrons. The lowest BCUT2D eigenvalue weighted by Crippen LogP contribution is -2.13. The normalized spacial score (nSPS) is 8.62. The second-order valence-electron chi connectivity index (χ2n) is 2.36.